The van der Waals surface area contributed by atoms with Gasteiger partial charge >= 0.3 is 0 Å². The molecule has 1 unspecified atom stereocenters. The second-order valence-electron chi connectivity index (χ2n) is 6.42. The van der Waals surface area contributed by atoms with E-state index in [4.69, 9.17) is 0 Å². The zero-order valence-corrected chi connectivity index (χ0v) is 14.2. The maximum Gasteiger partial charge on any atom is 0.0731 e. The fraction of sp³-hybridized carbons (Fsp3) is 0.368. The van der Waals surface area contributed by atoms with Gasteiger partial charge in [-0.2, -0.15) is 0 Å². The summed E-state index contributed by atoms with van der Waals surface area (Å²) in [7, 11) is 0. The monoisotopic (exact) mass is 344 g/mol. The summed E-state index contributed by atoms with van der Waals surface area (Å²) in [5.74, 6) is 0. The van der Waals surface area contributed by atoms with Gasteiger partial charge < -0.3 is 5.11 Å². The molecule has 0 fully saturated rings. The van der Waals surface area contributed by atoms with Crippen LogP contribution in [0.1, 0.15) is 34.2 Å². The van der Waals surface area contributed by atoms with Crippen LogP contribution in [0.3, 0.4) is 0 Å². The number of rotatable bonds is 2. The molecule has 1 atom stereocenters. The third-order valence-corrected chi connectivity index (χ3v) is 5.06. The summed E-state index contributed by atoms with van der Waals surface area (Å²) < 4.78 is 1.13. The molecule has 1 aliphatic rings. The molecule has 2 aromatic carbocycles. The van der Waals surface area contributed by atoms with E-state index in [0.29, 0.717) is 0 Å². The molecule has 0 amide bonds. The van der Waals surface area contributed by atoms with Crippen molar-refractivity contribution in [2.45, 2.75) is 45.1 Å². The van der Waals surface area contributed by atoms with Gasteiger partial charge in [-0.1, -0.05) is 45.8 Å². The highest BCUT2D eigenvalue weighted by Gasteiger charge is 2.32. The van der Waals surface area contributed by atoms with Crippen molar-refractivity contribution in [3.8, 4) is 0 Å². The molecule has 2 heteroatoms. The first-order valence-corrected chi connectivity index (χ1v) is 8.30. The summed E-state index contributed by atoms with van der Waals surface area (Å²) in [5, 5.41) is 11.0. The van der Waals surface area contributed by atoms with E-state index in [1.807, 2.05) is 0 Å². The molecule has 2 aromatic rings. The molecule has 0 saturated heterocycles. The van der Waals surface area contributed by atoms with Crippen molar-refractivity contribution in [2.24, 2.45) is 0 Å². The molecule has 21 heavy (non-hydrogen) atoms. The van der Waals surface area contributed by atoms with E-state index < -0.39 is 5.60 Å². The minimum Gasteiger partial charge on any atom is -0.389 e. The Balaban J connectivity index is 1.86. The highest BCUT2D eigenvalue weighted by Crippen LogP contribution is 2.33. The number of halogens is 1. The van der Waals surface area contributed by atoms with Crippen molar-refractivity contribution in [1.82, 2.24) is 0 Å². The predicted molar refractivity (Wildman–Crippen MR) is 90.7 cm³/mol. The second kappa shape index (κ2) is 5.58. The minimum absolute atomic E-state index is 0.612. The van der Waals surface area contributed by atoms with E-state index in [-0.39, 0.29) is 0 Å². The van der Waals surface area contributed by atoms with Crippen LogP contribution in [0.5, 0.6) is 0 Å². The first-order chi connectivity index (χ1) is 9.95. The lowest BCUT2D eigenvalue weighted by Crippen LogP contribution is -2.38. The molecule has 0 bridgehead atoms. The summed E-state index contributed by atoms with van der Waals surface area (Å²) in [4.78, 5) is 0. The van der Waals surface area contributed by atoms with Crippen molar-refractivity contribution in [3.05, 3.63) is 68.7 Å². The highest BCUT2D eigenvalue weighted by atomic mass is 79.9. The maximum absolute atomic E-state index is 11.0. The Kier molecular flexibility index (Phi) is 3.94. The fourth-order valence-corrected chi connectivity index (χ4v) is 3.71. The number of hydrogen-bond donors (Lipinski definition) is 1. The van der Waals surface area contributed by atoms with Crippen LogP contribution in [0.15, 0.2) is 40.9 Å². The van der Waals surface area contributed by atoms with Gasteiger partial charge in [0, 0.05) is 17.3 Å². The second-order valence-corrected chi connectivity index (χ2v) is 7.34. The van der Waals surface area contributed by atoms with Gasteiger partial charge in [-0.25, -0.2) is 0 Å². The Morgan fingerprint density at radius 2 is 1.90 bits per heavy atom. The van der Waals surface area contributed by atoms with E-state index in [9.17, 15) is 5.11 Å². The lowest BCUT2D eigenvalue weighted by Gasteiger charge is -2.34. The molecule has 1 nitrogen and oxygen atoms in total. The van der Waals surface area contributed by atoms with Crippen molar-refractivity contribution in [3.63, 3.8) is 0 Å². The zero-order valence-electron chi connectivity index (χ0n) is 12.6. The third kappa shape index (κ3) is 3.22. The Labute approximate surface area is 135 Å². The average Bonchev–Trinajstić information content (AvgIpc) is 2.43. The maximum atomic E-state index is 11.0. The summed E-state index contributed by atoms with van der Waals surface area (Å²) >= 11 is 3.53. The summed E-state index contributed by atoms with van der Waals surface area (Å²) in [6, 6.07) is 12.9. The Morgan fingerprint density at radius 3 is 2.71 bits per heavy atom. The fourth-order valence-electron chi connectivity index (χ4n) is 3.31. The minimum atomic E-state index is -0.612. The summed E-state index contributed by atoms with van der Waals surface area (Å²) in [6.45, 7) is 4.24. The van der Waals surface area contributed by atoms with Crippen LogP contribution >= 0.6 is 15.9 Å². The molecule has 1 N–H and O–H groups in total. The van der Waals surface area contributed by atoms with Gasteiger partial charge in [-0.15, -0.1) is 0 Å². The number of benzene rings is 2. The Hall–Kier alpha value is -1.12. The molecule has 0 saturated carbocycles. The van der Waals surface area contributed by atoms with E-state index in [1.54, 1.807) is 0 Å². The van der Waals surface area contributed by atoms with Gasteiger partial charge in [-0.05, 0) is 61.1 Å². The van der Waals surface area contributed by atoms with E-state index in [1.165, 1.54) is 27.8 Å². The molecule has 3 rings (SSSR count). The van der Waals surface area contributed by atoms with E-state index in [0.717, 1.165) is 30.2 Å². The van der Waals surface area contributed by atoms with Gasteiger partial charge in [0.1, 0.15) is 0 Å². The van der Waals surface area contributed by atoms with Crippen LogP contribution in [-0.2, 0) is 19.3 Å². The Morgan fingerprint density at radius 1 is 1.10 bits per heavy atom. The largest absolute Gasteiger partial charge is 0.389 e. The number of hydrogen-bond acceptors (Lipinski definition) is 1. The SMILES string of the molecule is Cc1ccc(C)c(CC2(O)CCc3cc(Br)ccc3C2)c1. The third-order valence-electron chi connectivity index (χ3n) is 4.57. The molecule has 0 aromatic heterocycles. The first-order valence-electron chi connectivity index (χ1n) is 7.51. The zero-order chi connectivity index (χ0) is 15.0. The van der Waals surface area contributed by atoms with Crippen LogP contribution in [0.2, 0.25) is 0 Å². The molecule has 0 spiro atoms. The van der Waals surface area contributed by atoms with E-state index in [2.05, 4.69) is 66.2 Å². The van der Waals surface area contributed by atoms with Crippen molar-refractivity contribution in [1.29, 1.82) is 0 Å². The van der Waals surface area contributed by atoms with Crippen LogP contribution < -0.4 is 0 Å². The van der Waals surface area contributed by atoms with E-state index >= 15 is 0 Å². The van der Waals surface area contributed by atoms with Crippen LogP contribution in [0, 0.1) is 13.8 Å². The van der Waals surface area contributed by atoms with Crippen LogP contribution in [-0.4, -0.2) is 10.7 Å². The standard InChI is InChI=1S/C19H21BrO/c1-13-3-4-14(2)17(9-13)12-19(21)8-7-15-10-18(20)6-5-16(15)11-19/h3-6,9-10,21H,7-8,11-12H2,1-2H3. The molecular formula is C19H21BrO. The lowest BCUT2D eigenvalue weighted by molar-refractivity contribution is 0.0266. The summed E-state index contributed by atoms with van der Waals surface area (Å²) in [5.41, 5.74) is 5.86. The first kappa shape index (κ1) is 14.8. The normalized spacial score (nSPS) is 21.1. The van der Waals surface area contributed by atoms with Gasteiger partial charge in [0.05, 0.1) is 5.60 Å². The average molecular weight is 345 g/mol. The quantitative estimate of drug-likeness (QED) is 0.848. The number of aliphatic hydroxyl groups is 1. The van der Waals surface area contributed by atoms with Crippen molar-refractivity contribution < 1.29 is 5.11 Å². The predicted octanol–water partition coefficient (Wildman–Crippen LogP) is 4.53. The smallest absolute Gasteiger partial charge is 0.0731 e. The Bertz CT molecular complexity index is 677. The number of fused-ring (bicyclic) bond motifs is 1. The van der Waals surface area contributed by atoms with Gasteiger partial charge in [0.25, 0.3) is 0 Å². The van der Waals surface area contributed by atoms with Gasteiger partial charge in [0.15, 0.2) is 0 Å². The lowest BCUT2D eigenvalue weighted by atomic mass is 9.76. The van der Waals surface area contributed by atoms with Crippen LogP contribution in [0.25, 0.3) is 0 Å². The van der Waals surface area contributed by atoms with Crippen molar-refractivity contribution >= 4 is 15.9 Å². The molecule has 110 valence electrons. The molecule has 1 aliphatic carbocycles. The number of aryl methyl sites for hydroxylation is 3. The van der Waals surface area contributed by atoms with Crippen LogP contribution in [0.4, 0.5) is 0 Å². The van der Waals surface area contributed by atoms with Gasteiger partial charge in [0.2, 0.25) is 0 Å². The molecule has 0 radical (unpaired) electrons. The summed E-state index contributed by atoms with van der Waals surface area (Å²) in [6.07, 6.45) is 3.29. The highest BCUT2D eigenvalue weighted by molar-refractivity contribution is 9.10. The molecule has 0 aliphatic heterocycles. The van der Waals surface area contributed by atoms with Crippen molar-refractivity contribution in [2.75, 3.05) is 0 Å². The van der Waals surface area contributed by atoms with Gasteiger partial charge in [-0.3, -0.25) is 0 Å². The molecular weight excluding hydrogens is 324 g/mol. The molecule has 0 heterocycles. The topological polar surface area (TPSA) is 20.2 Å².